The highest BCUT2D eigenvalue weighted by atomic mass is 35.5. The van der Waals surface area contributed by atoms with Crippen molar-refractivity contribution in [3.63, 3.8) is 0 Å². The van der Waals surface area contributed by atoms with Gasteiger partial charge in [0.25, 0.3) is 0 Å². The minimum absolute atomic E-state index is 0.0197. The number of nitrogens with one attached hydrogen (secondary N) is 2. The summed E-state index contributed by atoms with van der Waals surface area (Å²) in [5.41, 5.74) is 8.41. The number of carbonyl (C=O) groups excluding carboxylic acids is 1. The first-order valence-electron chi connectivity index (χ1n) is 11.1. The monoisotopic (exact) mass is 548 g/mol. The van der Waals surface area contributed by atoms with Crippen molar-refractivity contribution in [1.82, 2.24) is 10.2 Å². The van der Waals surface area contributed by atoms with Gasteiger partial charge in [-0.1, -0.05) is 47.5 Å². The highest BCUT2D eigenvalue weighted by molar-refractivity contribution is 8.01. The van der Waals surface area contributed by atoms with Crippen LogP contribution in [-0.2, 0) is 16.1 Å². The molecule has 4 N–H and O–H groups in total. The van der Waals surface area contributed by atoms with Gasteiger partial charge in [-0.3, -0.25) is 15.1 Å². The molecule has 2 aromatic carbocycles. The Morgan fingerprint density at radius 3 is 2.86 bits per heavy atom. The fourth-order valence-corrected chi connectivity index (χ4v) is 6.03. The third-order valence-electron chi connectivity index (χ3n) is 5.52. The highest BCUT2D eigenvalue weighted by Crippen LogP contribution is 2.34. The molecule has 1 aliphatic rings. The lowest BCUT2D eigenvalue weighted by molar-refractivity contribution is -0.119. The highest BCUT2D eigenvalue weighted by Gasteiger charge is 2.21. The van der Waals surface area contributed by atoms with Gasteiger partial charge < -0.3 is 15.8 Å². The molecule has 1 aliphatic heterocycles. The summed E-state index contributed by atoms with van der Waals surface area (Å²) in [5, 5.41) is 11.7. The quantitative estimate of drug-likeness (QED) is 0.196. The van der Waals surface area contributed by atoms with Gasteiger partial charge in [0.15, 0.2) is 0 Å². The van der Waals surface area contributed by atoms with Crippen LogP contribution in [0.4, 0.5) is 0 Å². The van der Waals surface area contributed by atoms with E-state index in [4.69, 9.17) is 39.1 Å². The van der Waals surface area contributed by atoms with Gasteiger partial charge in [-0.2, -0.15) is 0 Å². The van der Waals surface area contributed by atoms with Crippen molar-refractivity contribution in [2.24, 2.45) is 5.73 Å². The molecular weight excluding hydrogens is 523 g/mol. The van der Waals surface area contributed by atoms with E-state index in [2.05, 4.69) is 10.2 Å². The second-order valence-corrected chi connectivity index (χ2v) is 11.4. The third-order valence-corrected chi connectivity index (χ3v) is 8.62. The van der Waals surface area contributed by atoms with Gasteiger partial charge in [0, 0.05) is 36.6 Å². The molecule has 184 valence electrons. The Kier molecular flexibility index (Phi) is 9.10. The zero-order chi connectivity index (χ0) is 24.8. The second kappa shape index (κ2) is 12.3. The standard InChI is InChI=1S/C25H26Cl2N4O2S2/c26-20-5-4-16(10-21(20)27)13-31-8-9-33-19(14-31)12-30-23(32)15-34-24-7-6-22(35-24)17-2-1-3-18(11-17)25(28)29/h1-7,10-11,19H,8-9,12-15H2,(H3,28,29)(H,30,32)/t19-/m0/s1. The first kappa shape index (κ1) is 26.0. The van der Waals surface area contributed by atoms with Crippen molar-refractivity contribution in [1.29, 1.82) is 5.41 Å². The maximum absolute atomic E-state index is 12.4. The number of nitrogens with two attached hydrogens (primary N) is 1. The zero-order valence-electron chi connectivity index (χ0n) is 18.9. The Hall–Kier alpha value is -2.07. The second-order valence-electron chi connectivity index (χ2n) is 8.18. The van der Waals surface area contributed by atoms with E-state index < -0.39 is 0 Å². The average molecular weight is 550 g/mol. The lowest BCUT2D eigenvalue weighted by atomic mass is 10.1. The zero-order valence-corrected chi connectivity index (χ0v) is 22.1. The summed E-state index contributed by atoms with van der Waals surface area (Å²) >= 11 is 15.3. The molecule has 6 nitrogen and oxygen atoms in total. The van der Waals surface area contributed by atoms with Crippen LogP contribution < -0.4 is 11.1 Å². The molecular formula is C25H26Cl2N4O2S2. The average Bonchev–Trinajstić information content (AvgIpc) is 3.33. The lowest BCUT2D eigenvalue weighted by Crippen LogP contribution is -2.47. The number of rotatable bonds is 9. The van der Waals surface area contributed by atoms with E-state index in [1.54, 1.807) is 11.3 Å². The molecule has 1 saturated heterocycles. The molecule has 3 aromatic rings. The molecule has 0 aliphatic carbocycles. The van der Waals surface area contributed by atoms with Crippen molar-refractivity contribution in [3.8, 4) is 10.4 Å². The Balaban J connectivity index is 1.22. The molecule has 1 amide bonds. The maximum atomic E-state index is 12.4. The predicted molar refractivity (Wildman–Crippen MR) is 146 cm³/mol. The van der Waals surface area contributed by atoms with Gasteiger partial charge >= 0.3 is 0 Å². The van der Waals surface area contributed by atoms with Crippen molar-refractivity contribution in [3.05, 3.63) is 75.8 Å². The summed E-state index contributed by atoms with van der Waals surface area (Å²) in [6.07, 6.45) is -0.0534. The van der Waals surface area contributed by atoms with Crippen LogP contribution in [0.15, 0.2) is 58.8 Å². The number of halogens is 2. The van der Waals surface area contributed by atoms with Crippen molar-refractivity contribution in [2.75, 3.05) is 32.0 Å². The van der Waals surface area contributed by atoms with Crippen molar-refractivity contribution >= 4 is 58.0 Å². The van der Waals surface area contributed by atoms with Gasteiger partial charge in [-0.15, -0.1) is 23.1 Å². The molecule has 35 heavy (non-hydrogen) atoms. The third kappa shape index (κ3) is 7.46. The number of carbonyl (C=O) groups is 1. The Morgan fingerprint density at radius 1 is 1.20 bits per heavy atom. The smallest absolute Gasteiger partial charge is 0.230 e. The fraction of sp³-hybridized carbons (Fsp3) is 0.280. The van der Waals surface area contributed by atoms with Gasteiger partial charge in [0.1, 0.15) is 5.84 Å². The number of thioether (sulfide) groups is 1. The van der Waals surface area contributed by atoms with Crippen LogP contribution >= 0.6 is 46.3 Å². The molecule has 0 bridgehead atoms. The van der Waals surface area contributed by atoms with Crippen molar-refractivity contribution < 1.29 is 9.53 Å². The normalized spacial score (nSPS) is 16.2. The molecule has 4 rings (SSSR count). The summed E-state index contributed by atoms with van der Waals surface area (Å²) < 4.78 is 6.91. The summed E-state index contributed by atoms with van der Waals surface area (Å²) in [6.45, 7) is 3.43. The van der Waals surface area contributed by atoms with Crippen LogP contribution in [-0.4, -0.2) is 54.7 Å². The summed E-state index contributed by atoms with van der Waals surface area (Å²) in [7, 11) is 0. The minimum Gasteiger partial charge on any atom is -0.384 e. The van der Waals surface area contributed by atoms with Crippen molar-refractivity contribution in [2.45, 2.75) is 16.9 Å². The topological polar surface area (TPSA) is 91.4 Å². The van der Waals surface area contributed by atoms with Gasteiger partial charge in [-0.25, -0.2) is 0 Å². The summed E-state index contributed by atoms with van der Waals surface area (Å²) in [6, 6.07) is 17.4. The van der Waals surface area contributed by atoms with Crippen LogP contribution in [0.25, 0.3) is 10.4 Å². The number of thiophene rings is 1. The molecule has 0 unspecified atom stereocenters. The van der Waals surface area contributed by atoms with E-state index in [9.17, 15) is 4.79 Å². The minimum atomic E-state index is -0.0534. The largest absolute Gasteiger partial charge is 0.384 e. The van der Waals surface area contributed by atoms with Crippen LogP contribution in [0.5, 0.6) is 0 Å². The Labute approximate surface area is 223 Å². The maximum Gasteiger partial charge on any atom is 0.230 e. The first-order chi connectivity index (χ1) is 16.9. The molecule has 1 atom stereocenters. The predicted octanol–water partition coefficient (Wildman–Crippen LogP) is 5.12. The van der Waals surface area contributed by atoms with Crippen LogP contribution in [0, 0.1) is 5.41 Å². The van der Waals surface area contributed by atoms with E-state index in [0.717, 1.165) is 39.8 Å². The Morgan fingerprint density at radius 2 is 2.06 bits per heavy atom. The Bertz CT molecular complexity index is 1200. The van der Waals surface area contributed by atoms with E-state index in [-0.39, 0.29) is 17.8 Å². The molecule has 10 heteroatoms. The molecule has 0 radical (unpaired) electrons. The number of ether oxygens (including phenoxy) is 1. The summed E-state index contributed by atoms with van der Waals surface area (Å²) in [4.78, 5) is 15.8. The van der Waals surface area contributed by atoms with E-state index in [1.165, 1.54) is 11.8 Å². The fourth-order valence-electron chi connectivity index (χ4n) is 3.75. The van der Waals surface area contributed by atoms with E-state index >= 15 is 0 Å². The van der Waals surface area contributed by atoms with Gasteiger partial charge in [0.05, 0.1) is 32.7 Å². The number of morpholine rings is 1. The van der Waals surface area contributed by atoms with Crippen LogP contribution in [0.3, 0.4) is 0 Å². The number of hydrogen-bond acceptors (Lipinski definition) is 6. The number of benzene rings is 2. The lowest BCUT2D eigenvalue weighted by Gasteiger charge is -2.33. The molecule has 1 aromatic heterocycles. The van der Waals surface area contributed by atoms with Gasteiger partial charge in [0.2, 0.25) is 5.91 Å². The number of nitrogens with zero attached hydrogens (tertiary/aromatic N) is 1. The van der Waals surface area contributed by atoms with Gasteiger partial charge in [-0.05, 0) is 41.5 Å². The van der Waals surface area contributed by atoms with E-state index in [0.29, 0.717) is 34.5 Å². The number of amides is 1. The first-order valence-corrected chi connectivity index (χ1v) is 13.7. The van der Waals surface area contributed by atoms with E-state index in [1.807, 2.05) is 54.6 Å². The summed E-state index contributed by atoms with van der Waals surface area (Å²) in [5.74, 6) is 0.371. The van der Waals surface area contributed by atoms with Crippen LogP contribution in [0.2, 0.25) is 10.0 Å². The molecule has 2 heterocycles. The van der Waals surface area contributed by atoms with Crippen LogP contribution in [0.1, 0.15) is 11.1 Å². The molecule has 0 spiro atoms. The SMILES string of the molecule is N=C(N)c1cccc(-c2ccc(SCC(=O)NC[C@H]3CN(Cc4ccc(Cl)c(Cl)c4)CCO3)s2)c1. The number of nitrogen functional groups attached to an aromatic ring is 1. The number of amidine groups is 1. The number of hydrogen-bond donors (Lipinski definition) is 3. The molecule has 1 fully saturated rings. The molecule has 0 saturated carbocycles.